The number of piperazine rings is 1. The molecular weight excluding hydrogens is 340 g/mol. The molecule has 1 saturated heterocycles. The van der Waals surface area contributed by atoms with Crippen LogP contribution in [0.3, 0.4) is 0 Å². The molecule has 2 amide bonds. The van der Waals surface area contributed by atoms with Crippen LogP contribution in [0.1, 0.15) is 17.0 Å². The molecule has 0 aliphatic carbocycles. The Morgan fingerprint density at radius 2 is 1.96 bits per heavy atom. The van der Waals surface area contributed by atoms with Crippen LogP contribution >= 0.6 is 11.8 Å². The first kappa shape index (κ1) is 17.5. The first-order valence-corrected chi connectivity index (χ1v) is 9.04. The Bertz CT molecular complexity index is 760. The summed E-state index contributed by atoms with van der Waals surface area (Å²) in [4.78, 5) is 28.0. The molecule has 0 N–H and O–H groups in total. The Morgan fingerprint density at radius 1 is 1.20 bits per heavy atom. The first-order chi connectivity index (χ1) is 12.0. The minimum atomic E-state index is -0.0933. The lowest BCUT2D eigenvalue weighted by atomic mass is 10.1. The molecule has 0 bridgehead atoms. The molecule has 132 valence electrons. The fourth-order valence-electron chi connectivity index (χ4n) is 2.55. The van der Waals surface area contributed by atoms with Crippen LogP contribution in [0.2, 0.25) is 0 Å². The van der Waals surface area contributed by atoms with E-state index in [1.165, 1.54) is 17.3 Å². The molecule has 1 aromatic carbocycles. The maximum atomic E-state index is 12.3. The summed E-state index contributed by atoms with van der Waals surface area (Å²) in [5.74, 6) is 0.533. The van der Waals surface area contributed by atoms with Crippen molar-refractivity contribution in [1.29, 1.82) is 0 Å². The molecule has 1 fully saturated rings. The number of carbonyl (C=O) groups excluding carboxylic acids is 2. The van der Waals surface area contributed by atoms with Crippen molar-refractivity contribution in [1.82, 2.24) is 20.0 Å². The maximum Gasteiger partial charge on any atom is 0.277 e. The monoisotopic (exact) mass is 360 g/mol. The van der Waals surface area contributed by atoms with E-state index in [0.29, 0.717) is 30.7 Å². The molecule has 1 aliphatic heterocycles. The number of hydrogen-bond donors (Lipinski definition) is 0. The predicted octanol–water partition coefficient (Wildman–Crippen LogP) is 1.65. The molecule has 7 nitrogen and oxygen atoms in total. The van der Waals surface area contributed by atoms with E-state index >= 15 is 0 Å². The van der Waals surface area contributed by atoms with Crippen molar-refractivity contribution >= 4 is 23.6 Å². The van der Waals surface area contributed by atoms with Gasteiger partial charge in [-0.2, -0.15) is 0 Å². The zero-order chi connectivity index (χ0) is 17.8. The summed E-state index contributed by atoms with van der Waals surface area (Å²) in [7, 11) is 0. The quantitative estimate of drug-likeness (QED) is 0.755. The number of benzene rings is 1. The van der Waals surface area contributed by atoms with Gasteiger partial charge >= 0.3 is 0 Å². The number of carbonyl (C=O) groups is 2. The van der Waals surface area contributed by atoms with E-state index in [9.17, 15) is 9.59 Å². The highest BCUT2D eigenvalue weighted by Crippen LogP contribution is 2.17. The van der Waals surface area contributed by atoms with Crippen molar-refractivity contribution in [3.63, 3.8) is 0 Å². The zero-order valence-electron chi connectivity index (χ0n) is 14.3. The Hall–Kier alpha value is -2.35. The second kappa shape index (κ2) is 7.69. The van der Waals surface area contributed by atoms with Crippen molar-refractivity contribution in [2.24, 2.45) is 0 Å². The van der Waals surface area contributed by atoms with E-state index in [4.69, 9.17) is 4.42 Å². The predicted molar refractivity (Wildman–Crippen MR) is 92.9 cm³/mol. The van der Waals surface area contributed by atoms with Crippen LogP contribution in [0.4, 0.5) is 0 Å². The molecule has 0 atom stereocenters. The summed E-state index contributed by atoms with van der Waals surface area (Å²) in [6.07, 6.45) is 0. The second-order valence-electron chi connectivity index (χ2n) is 5.99. The van der Waals surface area contributed by atoms with Gasteiger partial charge in [0, 0.05) is 26.6 Å². The van der Waals surface area contributed by atoms with Crippen LogP contribution in [-0.2, 0) is 16.1 Å². The van der Waals surface area contributed by atoms with Gasteiger partial charge in [0.15, 0.2) is 0 Å². The Labute approximate surface area is 150 Å². The number of hydrogen-bond acceptors (Lipinski definition) is 6. The van der Waals surface area contributed by atoms with Gasteiger partial charge in [-0.15, -0.1) is 10.2 Å². The lowest BCUT2D eigenvalue weighted by Crippen LogP contribution is -2.52. The van der Waals surface area contributed by atoms with Gasteiger partial charge in [0.25, 0.3) is 5.22 Å². The molecule has 2 aromatic rings. The fourth-order valence-corrected chi connectivity index (χ4v) is 3.26. The standard InChI is InChI=1S/C17H20N4O3S/c1-12-3-5-14(6-4-12)9-20-7-8-21(10-15(20)22)16(23)11-25-17-19-18-13(2)24-17/h3-6H,7-11H2,1-2H3. The largest absolute Gasteiger partial charge is 0.416 e. The number of rotatable bonds is 5. The molecular formula is C17H20N4O3S. The summed E-state index contributed by atoms with van der Waals surface area (Å²) in [5.41, 5.74) is 2.29. The molecule has 0 spiro atoms. The minimum absolute atomic E-state index is 0.0289. The Balaban J connectivity index is 1.49. The summed E-state index contributed by atoms with van der Waals surface area (Å²) in [6.45, 7) is 5.52. The van der Waals surface area contributed by atoms with Gasteiger partial charge in [0.2, 0.25) is 17.7 Å². The summed E-state index contributed by atoms with van der Waals surface area (Å²) in [5, 5.41) is 7.93. The molecule has 1 aliphatic rings. The second-order valence-corrected chi connectivity index (χ2v) is 6.92. The van der Waals surface area contributed by atoms with Gasteiger partial charge in [-0.05, 0) is 12.5 Å². The average Bonchev–Trinajstić information content (AvgIpc) is 3.02. The van der Waals surface area contributed by atoms with Gasteiger partial charge in [-0.1, -0.05) is 41.6 Å². The van der Waals surface area contributed by atoms with Crippen molar-refractivity contribution < 1.29 is 14.0 Å². The zero-order valence-corrected chi connectivity index (χ0v) is 15.1. The highest BCUT2D eigenvalue weighted by Gasteiger charge is 2.27. The van der Waals surface area contributed by atoms with Crippen LogP contribution in [-0.4, -0.2) is 57.2 Å². The number of thioether (sulfide) groups is 1. The van der Waals surface area contributed by atoms with Gasteiger partial charge in [0.05, 0.1) is 12.3 Å². The van der Waals surface area contributed by atoms with Gasteiger partial charge in [-0.25, -0.2) is 0 Å². The molecule has 8 heteroatoms. The molecule has 0 saturated carbocycles. The smallest absolute Gasteiger partial charge is 0.277 e. The van der Waals surface area contributed by atoms with E-state index in [1.807, 2.05) is 31.2 Å². The highest BCUT2D eigenvalue weighted by molar-refractivity contribution is 7.99. The van der Waals surface area contributed by atoms with Crippen molar-refractivity contribution in [2.45, 2.75) is 25.6 Å². The topological polar surface area (TPSA) is 79.5 Å². The van der Waals surface area contributed by atoms with Crippen molar-refractivity contribution in [3.05, 3.63) is 41.3 Å². The maximum absolute atomic E-state index is 12.3. The molecule has 3 rings (SSSR count). The number of nitrogens with zero attached hydrogens (tertiary/aromatic N) is 4. The summed E-state index contributed by atoms with van der Waals surface area (Å²) in [6, 6.07) is 8.14. The average molecular weight is 360 g/mol. The van der Waals surface area contributed by atoms with Gasteiger partial charge < -0.3 is 14.2 Å². The van der Waals surface area contributed by atoms with Crippen LogP contribution < -0.4 is 0 Å². The van der Waals surface area contributed by atoms with Gasteiger partial charge in [0.1, 0.15) is 0 Å². The molecule has 0 radical (unpaired) electrons. The highest BCUT2D eigenvalue weighted by atomic mass is 32.2. The van der Waals surface area contributed by atoms with E-state index in [1.54, 1.807) is 16.7 Å². The first-order valence-electron chi connectivity index (χ1n) is 8.05. The van der Waals surface area contributed by atoms with Crippen molar-refractivity contribution in [2.75, 3.05) is 25.4 Å². The third kappa shape index (κ3) is 4.60. The van der Waals surface area contributed by atoms with Crippen LogP contribution in [0.15, 0.2) is 33.9 Å². The molecule has 2 heterocycles. The van der Waals surface area contributed by atoms with E-state index in [2.05, 4.69) is 10.2 Å². The van der Waals surface area contributed by atoms with Crippen molar-refractivity contribution in [3.8, 4) is 0 Å². The lowest BCUT2D eigenvalue weighted by molar-refractivity contribution is -0.144. The fraction of sp³-hybridized carbons (Fsp3) is 0.412. The normalized spacial score (nSPS) is 14.9. The van der Waals surface area contributed by atoms with Gasteiger partial charge in [-0.3, -0.25) is 9.59 Å². The van der Waals surface area contributed by atoms with E-state index in [0.717, 1.165) is 5.56 Å². The molecule has 1 aromatic heterocycles. The third-order valence-electron chi connectivity index (χ3n) is 3.99. The van der Waals surface area contributed by atoms with E-state index < -0.39 is 0 Å². The molecule has 25 heavy (non-hydrogen) atoms. The number of aromatic nitrogens is 2. The Morgan fingerprint density at radius 3 is 2.60 bits per heavy atom. The molecule has 0 unspecified atom stereocenters. The number of amides is 2. The minimum Gasteiger partial charge on any atom is -0.416 e. The Kier molecular flexibility index (Phi) is 5.37. The lowest BCUT2D eigenvalue weighted by Gasteiger charge is -2.34. The summed E-state index contributed by atoms with van der Waals surface area (Å²) < 4.78 is 5.23. The SMILES string of the molecule is Cc1ccc(CN2CCN(C(=O)CSc3nnc(C)o3)CC2=O)cc1. The van der Waals surface area contributed by atoms with Crippen LogP contribution in [0.5, 0.6) is 0 Å². The summed E-state index contributed by atoms with van der Waals surface area (Å²) >= 11 is 1.19. The van der Waals surface area contributed by atoms with Crippen LogP contribution in [0, 0.1) is 13.8 Å². The van der Waals surface area contributed by atoms with E-state index in [-0.39, 0.29) is 24.1 Å². The number of aryl methyl sites for hydroxylation is 2. The third-order valence-corrected chi connectivity index (χ3v) is 4.80. The van der Waals surface area contributed by atoms with Crippen LogP contribution in [0.25, 0.3) is 0 Å².